The number of rotatable bonds is 1. The first kappa shape index (κ1) is 8.16. The Morgan fingerprint density at radius 3 is 2.92 bits per heavy atom. The third kappa shape index (κ3) is 1.39. The van der Waals surface area contributed by atoms with Gasteiger partial charge >= 0.3 is 0 Å². The molecule has 0 aromatic carbocycles. The van der Waals surface area contributed by atoms with Gasteiger partial charge in [0.15, 0.2) is 5.01 Å². The molecule has 2 aromatic heterocycles. The SMILES string of the molecule is N#Cc1ccsc1-c1nnc(N)s1. The molecule has 0 amide bonds. The van der Waals surface area contributed by atoms with Gasteiger partial charge in [0.25, 0.3) is 0 Å². The third-order valence-electron chi connectivity index (χ3n) is 1.42. The molecule has 64 valence electrons. The molecular formula is C7H4N4S2. The van der Waals surface area contributed by atoms with E-state index in [1.165, 1.54) is 22.7 Å². The van der Waals surface area contributed by atoms with Crippen LogP contribution in [0.1, 0.15) is 5.56 Å². The second-order valence-electron chi connectivity index (χ2n) is 2.22. The number of aromatic nitrogens is 2. The zero-order chi connectivity index (χ0) is 9.26. The maximum Gasteiger partial charge on any atom is 0.203 e. The fourth-order valence-electron chi connectivity index (χ4n) is 0.889. The van der Waals surface area contributed by atoms with Crippen LogP contribution in [0.4, 0.5) is 5.13 Å². The van der Waals surface area contributed by atoms with E-state index in [4.69, 9.17) is 11.0 Å². The number of nitrogens with two attached hydrogens (primary N) is 1. The Balaban J connectivity index is 2.53. The van der Waals surface area contributed by atoms with Crippen LogP contribution in [0.2, 0.25) is 0 Å². The monoisotopic (exact) mass is 208 g/mol. The minimum absolute atomic E-state index is 0.423. The molecule has 6 heteroatoms. The van der Waals surface area contributed by atoms with Crippen LogP contribution in [-0.4, -0.2) is 10.2 Å². The minimum atomic E-state index is 0.423. The van der Waals surface area contributed by atoms with Gasteiger partial charge in [0.1, 0.15) is 6.07 Å². The van der Waals surface area contributed by atoms with Crippen molar-refractivity contribution in [3.63, 3.8) is 0 Å². The molecule has 13 heavy (non-hydrogen) atoms. The highest BCUT2D eigenvalue weighted by Gasteiger charge is 2.10. The van der Waals surface area contributed by atoms with Gasteiger partial charge in [0, 0.05) is 0 Å². The van der Waals surface area contributed by atoms with Gasteiger partial charge in [-0.05, 0) is 11.4 Å². The molecular weight excluding hydrogens is 204 g/mol. The molecule has 0 atom stereocenters. The first-order chi connectivity index (χ1) is 6.31. The Hall–Kier alpha value is -1.45. The van der Waals surface area contributed by atoms with Gasteiger partial charge in [-0.3, -0.25) is 0 Å². The van der Waals surface area contributed by atoms with Gasteiger partial charge in [-0.15, -0.1) is 21.5 Å². The number of hydrogen-bond donors (Lipinski definition) is 1. The van der Waals surface area contributed by atoms with E-state index in [2.05, 4.69) is 16.3 Å². The molecule has 0 saturated heterocycles. The van der Waals surface area contributed by atoms with Crippen LogP contribution in [0.3, 0.4) is 0 Å². The predicted octanol–water partition coefficient (Wildman–Crippen LogP) is 1.72. The second-order valence-corrected chi connectivity index (χ2v) is 4.15. The van der Waals surface area contributed by atoms with Crippen molar-refractivity contribution in [1.29, 1.82) is 5.26 Å². The average Bonchev–Trinajstić information content (AvgIpc) is 2.71. The lowest BCUT2D eigenvalue weighted by Crippen LogP contribution is -1.80. The summed E-state index contributed by atoms with van der Waals surface area (Å²) in [4.78, 5) is 0.844. The van der Waals surface area contributed by atoms with E-state index >= 15 is 0 Å². The summed E-state index contributed by atoms with van der Waals surface area (Å²) in [7, 11) is 0. The van der Waals surface area contributed by atoms with Crippen molar-refractivity contribution in [2.24, 2.45) is 0 Å². The summed E-state index contributed by atoms with van der Waals surface area (Å²) in [5.41, 5.74) is 6.07. The Morgan fingerprint density at radius 1 is 1.46 bits per heavy atom. The molecule has 0 unspecified atom stereocenters. The predicted molar refractivity (Wildman–Crippen MR) is 52.3 cm³/mol. The zero-order valence-corrected chi connectivity index (χ0v) is 8.02. The smallest absolute Gasteiger partial charge is 0.203 e. The van der Waals surface area contributed by atoms with Crippen LogP contribution in [0.25, 0.3) is 9.88 Å². The highest BCUT2D eigenvalue weighted by atomic mass is 32.1. The lowest BCUT2D eigenvalue weighted by atomic mass is 10.3. The molecule has 2 N–H and O–H groups in total. The van der Waals surface area contributed by atoms with Crippen LogP contribution in [0.5, 0.6) is 0 Å². The van der Waals surface area contributed by atoms with E-state index in [-0.39, 0.29) is 0 Å². The summed E-state index contributed by atoms with van der Waals surface area (Å²) in [5.74, 6) is 0. The first-order valence-corrected chi connectivity index (χ1v) is 5.08. The molecule has 0 spiro atoms. The molecule has 0 aliphatic rings. The summed E-state index contributed by atoms with van der Waals surface area (Å²) in [6, 6.07) is 3.85. The van der Waals surface area contributed by atoms with Crippen LogP contribution >= 0.6 is 22.7 Å². The molecule has 0 aliphatic carbocycles. The molecule has 0 aliphatic heterocycles. The quantitative estimate of drug-likeness (QED) is 0.774. The molecule has 2 rings (SSSR count). The second kappa shape index (κ2) is 3.12. The van der Waals surface area contributed by atoms with Crippen LogP contribution in [0, 0.1) is 11.3 Å². The van der Waals surface area contributed by atoms with Crippen molar-refractivity contribution < 1.29 is 0 Å². The number of nitrogens with zero attached hydrogens (tertiary/aromatic N) is 3. The summed E-state index contributed by atoms with van der Waals surface area (Å²) in [6.07, 6.45) is 0. The molecule has 2 aromatic rings. The van der Waals surface area contributed by atoms with Crippen molar-refractivity contribution >= 4 is 27.8 Å². The summed E-state index contributed by atoms with van der Waals surface area (Å²) < 4.78 is 0. The molecule has 2 heterocycles. The summed E-state index contributed by atoms with van der Waals surface area (Å²) >= 11 is 2.76. The number of anilines is 1. The largest absolute Gasteiger partial charge is 0.374 e. The molecule has 0 fully saturated rings. The van der Waals surface area contributed by atoms with Gasteiger partial charge in [-0.25, -0.2) is 0 Å². The normalized spacial score (nSPS) is 9.77. The van der Waals surface area contributed by atoms with Crippen LogP contribution in [0.15, 0.2) is 11.4 Å². The van der Waals surface area contributed by atoms with Crippen LogP contribution in [-0.2, 0) is 0 Å². The lowest BCUT2D eigenvalue weighted by molar-refractivity contribution is 1.10. The van der Waals surface area contributed by atoms with E-state index in [0.717, 1.165) is 4.88 Å². The van der Waals surface area contributed by atoms with Gasteiger partial charge in [-0.1, -0.05) is 11.3 Å². The summed E-state index contributed by atoms with van der Waals surface area (Å²) in [5, 5.41) is 19.3. The van der Waals surface area contributed by atoms with Crippen molar-refractivity contribution in [2.45, 2.75) is 0 Å². The first-order valence-electron chi connectivity index (χ1n) is 3.38. The molecule has 4 nitrogen and oxygen atoms in total. The van der Waals surface area contributed by atoms with E-state index in [0.29, 0.717) is 15.7 Å². The Kier molecular flexibility index (Phi) is 1.96. The number of nitriles is 1. The van der Waals surface area contributed by atoms with Gasteiger partial charge in [0.05, 0.1) is 10.4 Å². The van der Waals surface area contributed by atoms with Crippen molar-refractivity contribution in [3.8, 4) is 16.0 Å². The van der Waals surface area contributed by atoms with E-state index in [1.54, 1.807) is 6.07 Å². The maximum atomic E-state index is 8.76. The Bertz CT molecular complexity index is 465. The third-order valence-corrected chi connectivity index (χ3v) is 3.24. The minimum Gasteiger partial charge on any atom is -0.374 e. The molecule has 0 radical (unpaired) electrons. The van der Waals surface area contributed by atoms with Crippen LogP contribution < -0.4 is 5.73 Å². The standard InChI is InChI=1S/C7H4N4S2/c8-3-4-1-2-12-5(4)6-10-11-7(9)13-6/h1-2H,(H2,9,11). The molecule has 0 saturated carbocycles. The highest BCUT2D eigenvalue weighted by molar-refractivity contribution is 7.22. The number of hydrogen-bond acceptors (Lipinski definition) is 6. The van der Waals surface area contributed by atoms with E-state index in [9.17, 15) is 0 Å². The van der Waals surface area contributed by atoms with Gasteiger partial charge < -0.3 is 5.73 Å². The topological polar surface area (TPSA) is 75.6 Å². The Morgan fingerprint density at radius 2 is 2.31 bits per heavy atom. The zero-order valence-electron chi connectivity index (χ0n) is 6.39. The maximum absolute atomic E-state index is 8.76. The van der Waals surface area contributed by atoms with Gasteiger partial charge in [0.2, 0.25) is 5.13 Å². The van der Waals surface area contributed by atoms with Crippen molar-refractivity contribution in [2.75, 3.05) is 5.73 Å². The number of nitrogen functional groups attached to an aromatic ring is 1. The van der Waals surface area contributed by atoms with E-state index < -0.39 is 0 Å². The fourth-order valence-corrected chi connectivity index (χ4v) is 2.45. The van der Waals surface area contributed by atoms with Crippen molar-refractivity contribution in [1.82, 2.24) is 10.2 Å². The summed E-state index contributed by atoms with van der Waals surface area (Å²) in [6.45, 7) is 0. The number of thiophene rings is 1. The lowest BCUT2D eigenvalue weighted by Gasteiger charge is -1.86. The average molecular weight is 208 g/mol. The fraction of sp³-hybridized carbons (Fsp3) is 0. The molecule has 0 bridgehead atoms. The van der Waals surface area contributed by atoms with Crippen molar-refractivity contribution in [3.05, 3.63) is 17.0 Å². The van der Waals surface area contributed by atoms with Gasteiger partial charge in [-0.2, -0.15) is 5.26 Å². The highest BCUT2D eigenvalue weighted by Crippen LogP contribution is 2.31. The Labute approximate surface area is 82.3 Å². The van der Waals surface area contributed by atoms with E-state index in [1.807, 2.05) is 5.38 Å².